The van der Waals surface area contributed by atoms with Gasteiger partial charge in [0.1, 0.15) is 5.75 Å². The van der Waals surface area contributed by atoms with Crippen LogP contribution >= 0.6 is 0 Å². The molecular formula is C9H11F2NO. The van der Waals surface area contributed by atoms with Gasteiger partial charge in [-0.25, -0.2) is 8.78 Å². The Kier molecular flexibility index (Phi) is 3.64. The second-order valence-corrected chi connectivity index (χ2v) is 2.57. The topological polar surface area (TPSA) is 35.2 Å². The zero-order valence-electron chi connectivity index (χ0n) is 7.09. The van der Waals surface area contributed by atoms with Crippen molar-refractivity contribution < 1.29 is 13.5 Å². The van der Waals surface area contributed by atoms with E-state index in [2.05, 4.69) is 0 Å². The molecule has 1 aromatic carbocycles. The molecule has 1 aromatic rings. The molecule has 0 atom stereocenters. The first-order chi connectivity index (χ1) is 6.24. The van der Waals surface area contributed by atoms with E-state index in [1.807, 2.05) is 0 Å². The van der Waals surface area contributed by atoms with Gasteiger partial charge in [0.25, 0.3) is 0 Å². The van der Waals surface area contributed by atoms with Gasteiger partial charge < -0.3 is 10.5 Å². The normalized spacial score (nSPS) is 10.1. The summed E-state index contributed by atoms with van der Waals surface area (Å²) in [5, 5.41) is 0. The third-order valence-electron chi connectivity index (χ3n) is 1.51. The van der Waals surface area contributed by atoms with Crippen LogP contribution in [0.4, 0.5) is 8.78 Å². The molecule has 0 fully saturated rings. The highest BCUT2D eigenvalue weighted by molar-refractivity contribution is 5.23. The monoisotopic (exact) mass is 187 g/mol. The van der Waals surface area contributed by atoms with Gasteiger partial charge in [-0.05, 0) is 25.1 Å². The van der Waals surface area contributed by atoms with E-state index in [1.54, 1.807) is 0 Å². The van der Waals surface area contributed by atoms with Crippen molar-refractivity contribution in [3.8, 4) is 5.75 Å². The zero-order valence-corrected chi connectivity index (χ0v) is 7.09. The molecule has 13 heavy (non-hydrogen) atoms. The third-order valence-corrected chi connectivity index (χ3v) is 1.51. The van der Waals surface area contributed by atoms with Crippen molar-refractivity contribution in [2.45, 2.75) is 6.42 Å². The lowest BCUT2D eigenvalue weighted by molar-refractivity contribution is 0.310. The average Bonchev–Trinajstić information content (AvgIpc) is 2.12. The van der Waals surface area contributed by atoms with Gasteiger partial charge in [-0.2, -0.15) is 0 Å². The van der Waals surface area contributed by atoms with Gasteiger partial charge >= 0.3 is 0 Å². The summed E-state index contributed by atoms with van der Waals surface area (Å²) in [5.74, 6) is -1.44. The van der Waals surface area contributed by atoms with Crippen molar-refractivity contribution in [3.05, 3.63) is 29.8 Å². The van der Waals surface area contributed by atoms with Gasteiger partial charge in [0.05, 0.1) is 6.61 Å². The van der Waals surface area contributed by atoms with E-state index in [9.17, 15) is 8.78 Å². The Morgan fingerprint density at radius 2 is 2.00 bits per heavy atom. The lowest BCUT2D eigenvalue weighted by Crippen LogP contribution is -2.06. The van der Waals surface area contributed by atoms with Gasteiger partial charge in [0.15, 0.2) is 11.6 Å². The largest absolute Gasteiger partial charge is 0.493 e. The molecule has 0 radical (unpaired) electrons. The number of benzene rings is 1. The van der Waals surface area contributed by atoms with Crippen LogP contribution < -0.4 is 10.5 Å². The first-order valence-electron chi connectivity index (χ1n) is 4.02. The zero-order chi connectivity index (χ0) is 9.68. The molecule has 0 heterocycles. The maximum Gasteiger partial charge on any atom is 0.162 e. The summed E-state index contributed by atoms with van der Waals surface area (Å²) < 4.78 is 30.1. The van der Waals surface area contributed by atoms with E-state index in [4.69, 9.17) is 10.5 Å². The minimum Gasteiger partial charge on any atom is -0.493 e. The number of ether oxygens (including phenoxy) is 1. The fourth-order valence-electron chi connectivity index (χ4n) is 0.840. The van der Waals surface area contributed by atoms with E-state index in [0.717, 1.165) is 12.1 Å². The fraction of sp³-hybridized carbons (Fsp3) is 0.333. The van der Waals surface area contributed by atoms with Crippen LogP contribution in [0.25, 0.3) is 0 Å². The van der Waals surface area contributed by atoms with Crippen LogP contribution in [-0.2, 0) is 0 Å². The lowest BCUT2D eigenvalue weighted by Gasteiger charge is -2.04. The van der Waals surface area contributed by atoms with E-state index < -0.39 is 11.6 Å². The molecule has 1 rings (SSSR count). The van der Waals surface area contributed by atoms with Crippen LogP contribution in [0.3, 0.4) is 0 Å². The Labute approximate surface area is 75.3 Å². The summed E-state index contributed by atoms with van der Waals surface area (Å²) in [6, 6.07) is 3.44. The molecule has 0 saturated heterocycles. The molecule has 4 heteroatoms. The van der Waals surface area contributed by atoms with Gasteiger partial charge in [-0.15, -0.1) is 0 Å². The Balaban J connectivity index is 2.53. The third kappa shape index (κ3) is 2.99. The summed E-state index contributed by atoms with van der Waals surface area (Å²) in [7, 11) is 0. The summed E-state index contributed by atoms with van der Waals surface area (Å²) in [6.45, 7) is 0.936. The Morgan fingerprint density at radius 1 is 1.23 bits per heavy atom. The Hall–Kier alpha value is -1.16. The van der Waals surface area contributed by atoms with E-state index >= 15 is 0 Å². The maximum absolute atomic E-state index is 12.6. The first kappa shape index (κ1) is 9.92. The van der Waals surface area contributed by atoms with Crippen molar-refractivity contribution in [1.82, 2.24) is 0 Å². The van der Waals surface area contributed by atoms with Crippen molar-refractivity contribution in [2.24, 2.45) is 5.73 Å². The van der Waals surface area contributed by atoms with Crippen LogP contribution in [0.1, 0.15) is 6.42 Å². The number of rotatable bonds is 4. The van der Waals surface area contributed by atoms with Crippen LogP contribution in [0.2, 0.25) is 0 Å². The minimum absolute atomic E-state index is 0.326. The fourth-order valence-corrected chi connectivity index (χ4v) is 0.840. The van der Waals surface area contributed by atoms with Crippen LogP contribution in [-0.4, -0.2) is 13.2 Å². The molecule has 0 spiro atoms. The highest BCUT2D eigenvalue weighted by Gasteiger charge is 2.02. The van der Waals surface area contributed by atoms with Gasteiger partial charge in [0, 0.05) is 6.07 Å². The Bertz CT molecular complexity index is 278. The van der Waals surface area contributed by atoms with Crippen molar-refractivity contribution in [2.75, 3.05) is 13.2 Å². The SMILES string of the molecule is NCCCOc1ccc(F)c(F)c1. The molecule has 0 aromatic heterocycles. The van der Waals surface area contributed by atoms with Crippen molar-refractivity contribution in [1.29, 1.82) is 0 Å². The van der Waals surface area contributed by atoms with E-state index in [1.165, 1.54) is 6.07 Å². The first-order valence-corrected chi connectivity index (χ1v) is 4.02. The summed E-state index contributed by atoms with van der Waals surface area (Å²) >= 11 is 0. The number of nitrogens with two attached hydrogens (primary N) is 1. The number of halogens is 2. The molecule has 0 aliphatic carbocycles. The molecule has 0 bridgehead atoms. The highest BCUT2D eigenvalue weighted by Crippen LogP contribution is 2.15. The molecule has 0 saturated carbocycles. The second kappa shape index (κ2) is 4.77. The van der Waals surface area contributed by atoms with Crippen molar-refractivity contribution >= 4 is 0 Å². The summed E-state index contributed by atoms with van der Waals surface area (Å²) in [5.41, 5.74) is 5.23. The quantitative estimate of drug-likeness (QED) is 0.728. The molecule has 0 aliphatic rings. The Morgan fingerprint density at radius 3 is 2.62 bits per heavy atom. The number of hydrogen-bond acceptors (Lipinski definition) is 2. The lowest BCUT2D eigenvalue weighted by atomic mass is 10.3. The summed E-state index contributed by atoms with van der Waals surface area (Å²) in [6.07, 6.45) is 0.693. The molecular weight excluding hydrogens is 176 g/mol. The van der Waals surface area contributed by atoms with Gasteiger partial charge in [-0.1, -0.05) is 0 Å². The second-order valence-electron chi connectivity index (χ2n) is 2.57. The molecule has 2 nitrogen and oxygen atoms in total. The standard InChI is InChI=1S/C9H11F2NO/c10-8-3-2-7(6-9(8)11)13-5-1-4-12/h2-3,6H,1,4-5,12H2. The molecule has 72 valence electrons. The van der Waals surface area contributed by atoms with Crippen LogP contribution in [0.5, 0.6) is 5.75 Å². The van der Waals surface area contributed by atoms with Crippen molar-refractivity contribution in [3.63, 3.8) is 0 Å². The van der Waals surface area contributed by atoms with Crippen LogP contribution in [0, 0.1) is 11.6 Å². The minimum atomic E-state index is -0.898. The van der Waals surface area contributed by atoms with E-state index in [-0.39, 0.29) is 0 Å². The maximum atomic E-state index is 12.6. The predicted octanol–water partition coefficient (Wildman–Crippen LogP) is 1.69. The molecule has 0 amide bonds. The summed E-state index contributed by atoms with van der Waals surface area (Å²) in [4.78, 5) is 0. The molecule has 0 aliphatic heterocycles. The highest BCUT2D eigenvalue weighted by atomic mass is 19.2. The predicted molar refractivity (Wildman–Crippen MR) is 45.5 cm³/mol. The average molecular weight is 187 g/mol. The number of hydrogen-bond donors (Lipinski definition) is 1. The molecule has 2 N–H and O–H groups in total. The van der Waals surface area contributed by atoms with Crippen LogP contribution in [0.15, 0.2) is 18.2 Å². The van der Waals surface area contributed by atoms with Gasteiger partial charge in [-0.3, -0.25) is 0 Å². The van der Waals surface area contributed by atoms with Gasteiger partial charge in [0.2, 0.25) is 0 Å². The van der Waals surface area contributed by atoms with E-state index in [0.29, 0.717) is 25.3 Å². The molecule has 0 unspecified atom stereocenters. The smallest absolute Gasteiger partial charge is 0.162 e.